The van der Waals surface area contributed by atoms with E-state index >= 15 is 0 Å². The summed E-state index contributed by atoms with van der Waals surface area (Å²) in [5.41, 5.74) is 6.34. The lowest BCUT2D eigenvalue weighted by molar-refractivity contribution is -0.383. The molecule has 0 heterocycles. The highest BCUT2D eigenvalue weighted by molar-refractivity contribution is 5.94. The van der Waals surface area contributed by atoms with Crippen molar-refractivity contribution in [3.05, 3.63) is 27.8 Å². The van der Waals surface area contributed by atoms with Crippen molar-refractivity contribution in [2.45, 2.75) is 45.1 Å². The number of nitrogens with zero attached hydrogens (tertiary/aromatic N) is 1. The fourth-order valence-corrected chi connectivity index (χ4v) is 2.73. The topological polar surface area (TPSA) is 107 Å². The highest BCUT2D eigenvalue weighted by Crippen LogP contribution is 2.34. The van der Waals surface area contributed by atoms with Crippen LogP contribution in [0.25, 0.3) is 0 Å². The third kappa shape index (κ3) is 3.66. The predicted octanol–water partition coefficient (Wildman–Crippen LogP) is 3.10. The van der Waals surface area contributed by atoms with Crippen molar-refractivity contribution in [2.24, 2.45) is 0 Å². The maximum absolute atomic E-state index is 11.8. The van der Waals surface area contributed by atoms with Crippen LogP contribution in [0.3, 0.4) is 0 Å². The van der Waals surface area contributed by atoms with Gasteiger partial charge >= 0.3 is 5.97 Å². The van der Waals surface area contributed by atoms with Crippen LogP contribution in [0.4, 0.5) is 17.1 Å². The summed E-state index contributed by atoms with van der Waals surface area (Å²) >= 11 is 0. The normalized spacial score (nSPS) is 15.3. The van der Waals surface area contributed by atoms with Gasteiger partial charge in [-0.25, -0.2) is 4.79 Å². The first-order valence-electron chi connectivity index (χ1n) is 7.54. The van der Waals surface area contributed by atoms with E-state index in [0.29, 0.717) is 5.69 Å². The fraction of sp³-hybridized carbons (Fsp3) is 0.533. The van der Waals surface area contributed by atoms with E-state index in [-0.39, 0.29) is 29.6 Å². The molecule has 3 N–H and O–H groups in total. The van der Waals surface area contributed by atoms with Gasteiger partial charge in [0.2, 0.25) is 0 Å². The third-order valence-corrected chi connectivity index (χ3v) is 3.81. The molecule has 0 atom stereocenters. The average Bonchev–Trinajstić information content (AvgIpc) is 2.50. The smallest absolute Gasteiger partial charge is 0.338 e. The SMILES string of the molecule is CCOC(=O)c1cc(N)c(NC2CCCCC2)c([N+](=O)[O-])c1. The van der Waals surface area contributed by atoms with Crippen LogP contribution >= 0.6 is 0 Å². The lowest BCUT2D eigenvalue weighted by Gasteiger charge is -2.24. The number of hydrogen-bond donors (Lipinski definition) is 2. The lowest BCUT2D eigenvalue weighted by atomic mass is 9.95. The lowest BCUT2D eigenvalue weighted by Crippen LogP contribution is -2.23. The summed E-state index contributed by atoms with van der Waals surface area (Å²) in [6.45, 7) is 1.88. The number of esters is 1. The van der Waals surface area contributed by atoms with E-state index in [1.807, 2.05) is 0 Å². The quantitative estimate of drug-likeness (QED) is 0.374. The molecule has 1 fully saturated rings. The van der Waals surface area contributed by atoms with Crippen LogP contribution in [0.2, 0.25) is 0 Å². The van der Waals surface area contributed by atoms with Gasteiger partial charge in [0.25, 0.3) is 5.69 Å². The second-order valence-corrected chi connectivity index (χ2v) is 5.42. The molecule has 1 aliphatic rings. The van der Waals surface area contributed by atoms with Crippen molar-refractivity contribution in [2.75, 3.05) is 17.7 Å². The van der Waals surface area contributed by atoms with Crippen LogP contribution in [0.15, 0.2) is 12.1 Å². The molecule has 0 saturated heterocycles. The van der Waals surface area contributed by atoms with Gasteiger partial charge in [0.15, 0.2) is 0 Å². The molecular weight excluding hydrogens is 286 g/mol. The minimum Gasteiger partial charge on any atom is -0.462 e. The minimum atomic E-state index is -0.610. The standard InChI is InChI=1S/C15H21N3O4/c1-2-22-15(19)10-8-12(16)14(13(9-10)18(20)21)17-11-6-4-3-5-7-11/h8-9,11,17H,2-7,16H2,1H3. The summed E-state index contributed by atoms with van der Waals surface area (Å²) in [6.07, 6.45) is 5.34. The first kappa shape index (κ1) is 16.1. The molecule has 1 aromatic rings. The molecule has 0 spiro atoms. The number of hydrogen-bond acceptors (Lipinski definition) is 6. The Kier molecular flexibility index (Phi) is 5.19. The number of benzene rings is 1. The Balaban J connectivity index is 2.31. The molecule has 1 aliphatic carbocycles. The molecule has 0 aliphatic heterocycles. The molecule has 7 nitrogen and oxygen atoms in total. The number of ether oxygens (including phenoxy) is 1. The Hall–Kier alpha value is -2.31. The van der Waals surface area contributed by atoms with Gasteiger partial charge in [0.1, 0.15) is 5.69 Å². The Morgan fingerprint density at radius 1 is 1.41 bits per heavy atom. The zero-order valence-corrected chi connectivity index (χ0v) is 12.6. The molecule has 0 radical (unpaired) electrons. The maximum Gasteiger partial charge on any atom is 0.338 e. The Morgan fingerprint density at radius 3 is 2.68 bits per heavy atom. The molecule has 0 unspecified atom stereocenters. The number of nitrogen functional groups attached to an aromatic ring is 1. The molecular formula is C15H21N3O4. The summed E-state index contributed by atoms with van der Waals surface area (Å²) in [5, 5.41) is 14.5. The maximum atomic E-state index is 11.8. The molecule has 22 heavy (non-hydrogen) atoms. The van der Waals surface area contributed by atoms with Gasteiger partial charge in [0.05, 0.1) is 22.8 Å². The van der Waals surface area contributed by atoms with Gasteiger partial charge in [-0.3, -0.25) is 10.1 Å². The highest BCUT2D eigenvalue weighted by atomic mass is 16.6. The minimum absolute atomic E-state index is 0.0974. The number of nitrogens with two attached hydrogens (primary N) is 1. The first-order valence-corrected chi connectivity index (χ1v) is 7.54. The van der Waals surface area contributed by atoms with E-state index in [2.05, 4.69) is 5.32 Å². The van der Waals surface area contributed by atoms with Gasteiger partial charge in [0, 0.05) is 12.1 Å². The van der Waals surface area contributed by atoms with Crippen molar-refractivity contribution in [1.29, 1.82) is 0 Å². The largest absolute Gasteiger partial charge is 0.462 e. The van der Waals surface area contributed by atoms with Crippen LogP contribution in [0.1, 0.15) is 49.4 Å². The summed E-state index contributed by atoms with van der Waals surface area (Å²) < 4.78 is 4.87. The van der Waals surface area contributed by atoms with Crippen molar-refractivity contribution >= 4 is 23.0 Å². The number of anilines is 2. The Morgan fingerprint density at radius 2 is 2.09 bits per heavy atom. The second-order valence-electron chi connectivity index (χ2n) is 5.42. The highest BCUT2D eigenvalue weighted by Gasteiger charge is 2.24. The number of carbonyl (C=O) groups is 1. The third-order valence-electron chi connectivity index (χ3n) is 3.81. The molecule has 0 aromatic heterocycles. The molecule has 1 saturated carbocycles. The first-order chi connectivity index (χ1) is 10.5. The van der Waals surface area contributed by atoms with Crippen LogP contribution in [0, 0.1) is 10.1 Å². The monoisotopic (exact) mass is 307 g/mol. The zero-order chi connectivity index (χ0) is 16.1. The predicted molar refractivity (Wildman–Crippen MR) is 84.0 cm³/mol. The van der Waals surface area contributed by atoms with Crippen molar-refractivity contribution in [3.8, 4) is 0 Å². The van der Waals surface area contributed by atoms with Crippen LogP contribution in [-0.4, -0.2) is 23.5 Å². The molecule has 0 amide bonds. The van der Waals surface area contributed by atoms with E-state index in [4.69, 9.17) is 10.5 Å². The van der Waals surface area contributed by atoms with E-state index in [1.54, 1.807) is 6.92 Å². The van der Waals surface area contributed by atoms with Gasteiger partial charge < -0.3 is 15.8 Å². The molecule has 2 rings (SSSR count). The summed E-state index contributed by atoms with van der Waals surface area (Å²) in [5.74, 6) is -0.610. The van der Waals surface area contributed by atoms with Crippen molar-refractivity contribution in [3.63, 3.8) is 0 Å². The molecule has 120 valence electrons. The van der Waals surface area contributed by atoms with Crippen molar-refractivity contribution < 1.29 is 14.5 Å². The fourth-order valence-electron chi connectivity index (χ4n) is 2.73. The summed E-state index contributed by atoms with van der Waals surface area (Å²) in [6, 6.07) is 2.83. The Bertz CT molecular complexity index is 568. The summed E-state index contributed by atoms with van der Waals surface area (Å²) in [4.78, 5) is 22.5. The van der Waals surface area contributed by atoms with E-state index < -0.39 is 10.9 Å². The van der Waals surface area contributed by atoms with Crippen LogP contribution in [-0.2, 0) is 4.74 Å². The van der Waals surface area contributed by atoms with E-state index in [9.17, 15) is 14.9 Å². The number of nitrogens with one attached hydrogen (secondary N) is 1. The zero-order valence-electron chi connectivity index (χ0n) is 12.6. The molecule has 1 aromatic carbocycles. The number of nitro groups is 1. The second kappa shape index (κ2) is 7.11. The number of carbonyl (C=O) groups excluding carboxylic acids is 1. The molecule has 0 bridgehead atoms. The van der Waals surface area contributed by atoms with Crippen LogP contribution in [0.5, 0.6) is 0 Å². The van der Waals surface area contributed by atoms with Gasteiger partial charge in [-0.05, 0) is 25.8 Å². The average molecular weight is 307 g/mol. The van der Waals surface area contributed by atoms with Crippen LogP contribution < -0.4 is 11.1 Å². The van der Waals surface area contributed by atoms with E-state index in [1.165, 1.54) is 18.6 Å². The summed E-state index contributed by atoms with van der Waals surface area (Å²) in [7, 11) is 0. The number of nitro benzene ring substituents is 1. The Labute approximate surface area is 129 Å². The molecule has 7 heteroatoms. The van der Waals surface area contributed by atoms with E-state index in [0.717, 1.165) is 25.7 Å². The van der Waals surface area contributed by atoms with Gasteiger partial charge in [-0.2, -0.15) is 0 Å². The van der Waals surface area contributed by atoms with Crippen molar-refractivity contribution in [1.82, 2.24) is 0 Å². The van der Waals surface area contributed by atoms with Gasteiger partial charge in [-0.15, -0.1) is 0 Å². The van der Waals surface area contributed by atoms with Gasteiger partial charge in [-0.1, -0.05) is 19.3 Å². The number of rotatable bonds is 5.